The van der Waals surface area contributed by atoms with Crippen LogP contribution in [-0.2, 0) is 27.5 Å². The second kappa shape index (κ2) is 6.94. The molecule has 1 heterocycles. The molecule has 142 valence electrons. The van der Waals surface area contributed by atoms with E-state index < -0.39 is 21.8 Å². The highest BCUT2D eigenvalue weighted by atomic mass is 32.2. The van der Waals surface area contributed by atoms with Crippen molar-refractivity contribution in [2.24, 2.45) is 0 Å². The summed E-state index contributed by atoms with van der Waals surface area (Å²) >= 11 is 0. The summed E-state index contributed by atoms with van der Waals surface area (Å²) in [7, 11) is -1.09. The van der Waals surface area contributed by atoms with Crippen LogP contribution in [0.5, 0.6) is 0 Å². The van der Waals surface area contributed by atoms with E-state index in [1.807, 2.05) is 0 Å². The minimum Gasteiger partial charge on any atom is -0.347 e. The maximum absolute atomic E-state index is 12.7. The van der Waals surface area contributed by atoms with E-state index in [1.54, 1.807) is 14.1 Å². The van der Waals surface area contributed by atoms with Crippen LogP contribution in [-0.4, -0.2) is 48.1 Å². The van der Waals surface area contributed by atoms with Crippen molar-refractivity contribution in [3.63, 3.8) is 0 Å². The molecule has 12 heteroatoms. The van der Waals surface area contributed by atoms with Crippen molar-refractivity contribution in [3.05, 3.63) is 35.7 Å². The molecule has 0 bridgehead atoms. The molecule has 0 aliphatic heterocycles. The predicted octanol–water partition coefficient (Wildman–Crippen LogP) is 1.49. The Morgan fingerprint density at radius 2 is 1.96 bits per heavy atom. The van der Waals surface area contributed by atoms with Crippen molar-refractivity contribution in [2.75, 3.05) is 18.8 Å². The van der Waals surface area contributed by atoms with Crippen LogP contribution < -0.4 is 4.72 Å². The van der Waals surface area contributed by atoms with Gasteiger partial charge in [0.1, 0.15) is 12.9 Å². The predicted molar refractivity (Wildman–Crippen MR) is 85.7 cm³/mol. The number of nitrogens with zero attached hydrogens (tertiary/aromatic N) is 4. The van der Waals surface area contributed by atoms with Crippen molar-refractivity contribution in [2.45, 2.75) is 24.5 Å². The summed E-state index contributed by atoms with van der Waals surface area (Å²) in [6.45, 7) is 1.12. The number of likely N-dealkylation sites (N-methyl/N-ethyl adjacent to an activating group) is 1. The number of aromatic nitrogens is 3. The van der Waals surface area contributed by atoms with Gasteiger partial charge >= 0.3 is 6.18 Å². The van der Waals surface area contributed by atoms with E-state index in [2.05, 4.69) is 14.8 Å². The number of aryl methyl sites for hydroxylation is 1. The number of nitrogens with one attached hydrogen (secondary N) is 1. The van der Waals surface area contributed by atoms with E-state index in [-0.39, 0.29) is 28.9 Å². The first-order valence-electron chi connectivity index (χ1n) is 7.20. The Bertz CT molecular complexity index is 922. The fraction of sp³-hybridized carbons (Fsp3) is 0.357. The number of anilines is 1. The normalized spacial score (nSPS) is 12.1. The Kier molecular flexibility index (Phi) is 5.26. The third-order valence-corrected chi connectivity index (χ3v) is 4.84. The molecule has 0 saturated carbocycles. The summed E-state index contributed by atoms with van der Waals surface area (Å²) in [6, 6.07) is 2.30. The summed E-state index contributed by atoms with van der Waals surface area (Å²) in [5, 5.41) is 3.82. The number of halogens is 3. The van der Waals surface area contributed by atoms with Crippen LogP contribution in [0, 0.1) is 6.92 Å². The second-order valence-electron chi connectivity index (χ2n) is 5.64. The van der Waals surface area contributed by atoms with Crippen molar-refractivity contribution in [1.29, 1.82) is 0 Å². The minimum atomic E-state index is -4.57. The van der Waals surface area contributed by atoms with Gasteiger partial charge in [0, 0.05) is 14.1 Å². The molecule has 2 aromatic rings. The highest BCUT2D eigenvalue weighted by Gasteiger charge is 2.31. The lowest BCUT2D eigenvalue weighted by Crippen LogP contribution is -2.26. The van der Waals surface area contributed by atoms with Crippen LogP contribution in [0.4, 0.5) is 19.1 Å². The van der Waals surface area contributed by atoms with E-state index in [0.29, 0.717) is 6.07 Å². The van der Waals surface area contributed by atoms with E-state index in [1.165, 1.54) is 18.2 Å². The maximum Gasteiger partial charge on any atom is 0.416 e. The number of carbonyl (C=O) groups is 1. The van der Waals surface area contributed by atoms with Gasteiger partial charge in [0.05, 0.1) is 10.5 Å². The number of hydrogen-bond acceptors (Lipinski definition) is 5. The third kappa shape index (κ3) is 4.50. The summed E-state index contributed by atoms with van der Waals surface area (Å²) < 4.78 is 66.0. The minimum absolute atomic E-state index is 0.0745. The average molecular weight is 391 g/mol. The van der Waals surface area contributed by atoms with E-state index in [9.17, 15) is 26.4 Å². The smallest absolute Gasteiger partial charge is 0.347 e. The molecular weight excluding hydrogens is 375 g/mol. The topological polar surface area (TPSA) is 97.2 Å². The number of sulfonamides is 1. The molecule has 0 saturated heterocycles. The van der Waals surface area contributed by atoms with Gasteiger partial charge in [-0.15, -0.1) is 5.10 Å². The van der Waals surface area contributed by atoms with Crippen molar-refractivity contribution < 1.29 is 26.4 Å². The fourth-order valence-electron chi connectivity index (χ4n) is 2.00. The highest BCUT2D eigenvalue weighted by Crippen LogP contribution is 2.31. The third-order valence-electron chi connectivity index (χ3n) is 3.35. The summed E-state index contributed by atoms with van der Waals surface area (Å²) in [5.41, 5.74) is -1.02. The number of amides is 1. The lowest BCUT2D eigenvalue weighted by atomic mass is 10.1. The molecule has 1 aromatic carbocycles. The molecule has 0 aliphatic carbocycles. The summed E-state index contributed by atoms with van der Waals surface area (Å²) in [6.07, 6.45) is -3.40. The maximum atomic E-state index is 12.7. The molecule has 8 nitrogen and oxygen atoms in total. The van der Waals surface area contributed by atoms with Crippen molar-refractivity contribution >= 4 is 21.9 Å². The number of hydrogen-bond donors (Lipinski definition) is 1. The molecule has 0 spiro atoms. The molecule has 0 radical (unpaired) electrons. The standard InChI is InChI=1S/C14H16F3N5O3S/c1-9-6-10(14(15,16)17)4-5-11(9)26(24,25)20-13-18-8-22(19-13)7-12(23)21(2)3/h4-6,8H,7H2,1-3H3,(H,19,20). The zero-order valence-corrected chi connectivity index (χ0v) is 14.9. The molecule has 0 unspecified atom stereocenters. The first kappa shape index (κ1) is 19.7. The molecule has 26 heavy (non-hydrogen) atoms. The molecule has 1 amide bonds. The van der Waals surface area contributed by atoms with Gasteiger partial charge in [-0.05, 0) is 30.7 Å². The first-order chi connectivity index (χ1) is 11.9. The van der Waals surface area contributed by atoms with Crippen LogP contribution in [0.15, 0.2) is 29.4 Å². The lowest BCUT2D eigenvalue weighted by Gasteiger charge is -2.11. The molecular formula is C14H16F3N5O3S. The molecule has 0 aliphatic rings. The Morgan fingerprint density at radius 1 is 1.31 bits per heavy atom. The van der Waals surface area contributed by atoms with Crippen LogP contribution in [0.25, 0.3) is 0 Å². The molecule has 0 fully saturated rings. The first-order valence-corrected chi connectivity index (χ1v) is 8.69. The van der Waals surface area contributed by atoms with E-state index >= 15 is 0 Å². The summed E-state index contributed by atoms with van der Waals surface area (Å²) in [4.78, 5) is 16.3. The Labute approximate surface area is 147 Å². The van der Waals surface area contributed by atoms with E-state index in [4.69, 9.17) is 0 Å². The van der Waals surface area contributed by atoms with Gasteiger partial charge in [0.15, 0.2) is 0 Å². The SMILES string of the molecule is Cc1cc(C(F)(F)F)ccc1S(=O)(=O)Nc1ncn(CC(=O)N(C)C)n1. The number of carbonyl (C=O) groups excluding carboxylic acids is 1. The van der Waals surface area contributed by atoms with Crippen molar-refractivity contribution in [1.82, 2.24) is 19.7 Å². The Morgan fingerprint density at radius 3 is 2.50 bits per heavy atom. The molecule has 1 aromatic heterocycles. The number of alkyl halides is 3. The van der Waals surface area contributed by atoms with Crippen LogP contribution >= 0.6 is 0 Å². The quantitative estimate of drug-likeness (QED) is 0.833. The molecule has 1 N–H and O–H groups in total. The number of rotatable bonds is 5. The van der Waals surface area contributed by atoms with Crippen LogP contribution in [0.1, 0.15) is 11.1 Å². The molecule has 0 atom stereocenters. The zero-order valence-electron chi connectivity index (χ0n) is 14.1. The number of benzene rings is 1. The lowest BCUT2D eigenvalue weighted by molar-refractivity contribution is -0.137. The molecule has 2 rings (SSSR count). The second-order valence-corrected chi connectivity index (χ2v) is 7.29. The van der Waals surface area contributed by atoms with Gasteiger partial charge in [-0.3, -0.25) is 4.79 Å². The van der Waals surface area contributed by atoms with Crippen molar-refractivity contribution in [3.8, 4) is 0 Å². The van der Waals surface area contributed by atoms with Crippen LogP contribution in [0.2, 0.25) is 0 Å². The van der Waals surface area contributed by atoms with Gasteiger partial charge in [-0.25, -0.2) is 17.8 Å². The van der Waals surface area contributed by atoms with E-state index in [0.717, 1.165) is 16.8 Å². The van der Waals surface area contributed by atoms with Crippen LogP contribution in [0.3, 0.4) is 0 Å². The fourth-order valence-corrected chi connectivity index (χ4v) is 3.17. The van der Waals surface area contributed by atoms with Gasteiger partial charge in [-0.1, -0.05) is 0 Å². The zero-order chi connectivity index (χ0) is 19.7. The Hall–Kier alpha value is -2.63. The van der Waals surface area contributed by atoms with Gasteiger partial charge in [0.2, 0.25) is 5.91 Å². The van der Waals surface area contributed by atoms with Gasteiger partial charge in [-0.2, -0.15) is 18.2 Å². The average Bonchev–Trinajstić information content (AvgIpc) is 2.92. The Balaban J connectivity index is 2.22. The van der Waals surface area contributed by atoms with Gasteiger partial charge in [0.25, 0.3) is 16.0 Å². The highest BCUT2D eigenvalue weighted by molar-refractivity contribution is 7.92. The van der Waals surface area contributed by atoms with Gasteiger partial charge < -0.3 is 4.90 Å². The monoisotopic (exact) mass is 391 g/mol. The largest absolute Gasteiger partial charge is 0.416 e. The summed E-state index contributed by atoms with van der Waals surface area (Å²) in [5.74, 6) is -0.571.